The highest BCUT2D eigenvalue weighted by Gasteiger charge is 2.18. The number of nitrogens with zero attached hydrogens (tertiary/aromatic N) is 1. The highest BCUT2D eigenvalue weighted by Crippen LogP contribution is 2.29. The van der Waals surface area contributed by atoms with Crippen LogP contribution in [-0.2, 0) is 0 Å². The van der Waals surface area contributed by atoms with E-state index in [-0.39, 0.29) is 22.0 Å². The van der Waals surface area contributed by atoms with E-state index in [1.165, 1.54) is 12.1 Å². The van der Waals surface area contributed by atoms with Crippen molar-refractivity contribution in [3.8, 4) is 11.5 Å². The zero-order chi connectivity index (χ0) is 16.1. The van der Waals surface area contributed by atoms with Gasteiger partial charge in [0.15, 0.2) is 11.5 Å². The molecule has 2 rings (SSSR count). The van der Waals surface area contributed by atoms with Crippen molar-refractivity contribution in [2.45, 2.75) is 6.92 Å². The standard InChI is InChI=1S/C15H12ClNO5/c1-2-21-13-5-3-4-6-14(13)22-15(18)10-7-8-11(16)12(9-10)17(19)20/h3-9H,2H2,1H3. The van der Waals surface area contributed by atoms with E-state index in [1.54, 1.807) is 31.2 Å². The average molecular weight is 322 g/mol. The Morgan fingerprint density at radius 1 is 1.23 bits per heavy atom. The van der Waals surface area contributed by atoms with Crippen molar-refractivity contribution in [1.29, 1.82) is 0 Å². The molecule has 2 aromatic carbocycles. The number of esters is 1. The predicted molar refractivity (Wildman–Crippen MR) is 80.7 cm³/mol. The van der Waals surface area contributed by atoms with E-state index >= 15 is 0 Å². The first-order chi connectivity index (χ1) is 10.5. The molecule has 0 aliphatic carbocycles. The quantitative estimate of drug-likeness (QED) is 0.361. The summed E-state index contributed by atoms with van der Waals surface area (Å²) in [5.41, 5.74) is -0.323. The third-order valence-corrected chi connectivity index (χ3v) is 3.05. The van der Waals surface area contributed by atoms with Crippen molar-refractivity contribution in [2.75, 3.05) is 6.61 Å². The Balaban J connectivity index is 2.26. The minimum atomic E-state index is -0.730. The zero-order valence-electron chi connectivity index (χ0n) is 11.6. The van der Waals surface area contributed by atoms with Gasteiger partial charge in [-0.05, 0) is 31.2 Å². The number of halogens is 1. The summed E-state index contributed by atoms with van der Waals surface area (Å²) in [7, 11) is 0. The number of hydrogen-bond donors (Lipinski definition) is 0. The molecule has 7 heteroatoms. The molecule has 0 heterocycles. The van der Waals surface area contributed by atoms with E-state index in [0.29, 0.717) is 12.4 Å². The molecule has 0 N–H and O–H groups in total. The number of para-hydroxylation sites is 2. The van der Waals surface area contributed by atoms with Crippen LogP contribution in [-0.4, -0.2) is 17.5 Å². The lowest BCUT2D eigenvalue weighted by Gasteiger charge is -2.10. The summed E-state index contributed by atoms with van der Waals surface area (Å²) in [4.78, 5) is 22.3. The first-order valence-corrected chi connectivity index (χ1v) is 6.78. The van der Waals surface area contributed by atoms with Crippen molar-refractivity contribution in [3.05, 3.63) is 63.2 Å². The fourth-order valence-electron chi connectivity index (χ4n) is 1.75. The van der Waals surface area contributed by atoms with E-state index in [4.69, 9.17) is 21.1 Å². The normalized spacial score (nSPS) is 10.1. The van der Waals surface area contributed by atoms with Crippen LogP contribution in [0.5, 0.6) is 11.5 Å². The Morgan fingerprint density at radius 2 is 1.91 bits per heavy atom. The van der Waals surface area contributed by atoms with Gasteiger partial charge in [-0.1, -0.05) is 23.7 Å². The van der Waals surface area contributed by atoms with Gasteiger partial charge in [0.25, 0.3) is 5.69 Å². The van der Waals surface area contributed by atoms with Crippen molar-refractivity contribution < 1.29 is 19.2 Å². The summed E-state index contributed by atoms with van der Waals surface area (Å²) in [5, 5.41) is 10.8. The molecule has 0 amide bonds. The highest BCUT2D eigenvalue weighted by atomic mass is 35.5. The summed E-state index contributed by atoms with van der Waals surface area (Å²) in [6.07, 6.45) is 0. The summed E-state index contributed by atoms with van der Waals surface area (Å²) in [6.45, 7) is 2.22. The predicted octanol–water partition coefficient (Wildman–Crippen LogP) is 3.87. The molecule has 114 valence electrons. The van der Waals surface area contributed by atoms with Gasteiger partial charge in [-0.2, -0.15) is 0 Å². The number of nitro groups is 1. The monoisotopic (exact) mass is 321 g/mol. The van der Waals surface area contributed by atoms with E-state index in [2.05, 4.69) is 0 Å². The van der Waals surface area contributed by atoms with Gasteiger partial charge in [0, 0.05) is 6.07 Å². The molecule has 0 atom stereocenters. The smallest absolute Gasteiger partial charge is 0.343 e. The minimum absolute atomic E-state index is 0.0300. The van der Waals surface area contributed by atoms with Crippen LogP contribution in [0.3, 0.4) is 0 Å². The summed E-state index contributed by atoms with van der Waals surface area (Å²) >= 11 is 5.71. The largest absolute Gasteiger partial charge is 0.490 e. The number of benzene rings is 2. The van der Waals surface area contributed by atoms with Crippen LogP contribution < -0.4 is 9.47 Å². The molecule has 2 aromatic rings. The Morgan fingerprint density at radius 3 is 2.55 bits per heavy atom. The maximum atomic E-state index is 12.1. The second-order valence-electron chi connectivity index (χ2n) is 4.19. The van der Waals surface area contributed by atoms with Crippen molar-refractivity contribution in [2.24, 2.45) is 0 Å². The number of carbonyl (C=O) groups is 1. The van der Waals surface area contributed by atoms with E-state index < -0.39 is 10.9 Å². The minimum Gasteiger partial charge on any atom is -0.490 e. The number of carbonyl (C=O) groups excluding carboxylic acids is 1. The lowest BCUT2D eigenvalue weighted by molar-refractivity contribution is -0.384. The number of ether oxygens (including phenoxy) is 2. The van der Waals surface area contributed by atoms with Crippen LogP contribution in [0.15, 0.2) is 42.5 Å². The number of nitro benzene ring substituents is 1. The molecule has 0 aliphatic rings. The fraction of sp³-hybridized carbons (Fsp3) is 0.133. The molecule has 0 fully saturated rings. The fourth-order valence-corrected chi connectivity index (χ4v) is 1.93. The number of rotatable bonds is 5. The molecule has 0 spiro atoms. The van der Waals surface area contributed by atoms with Gasteiger partial charge in [-0.25, -0.2) is 4.79 Å². The van der Waals surface area contributed by atoms with Crippen LogP contribution in [0.1, 0.15) is 17.3 Å². The van der Waals surface area contributed by atoms with Crippen LogP contribution in [0.25, 0.3) is 0 Å². The summed E-state index contributed by atoms with van der Waals surface area (Å²) in [5.74, 6) is -0.0688. The first kappa shape index (κ1) is 15.8. The Hall–Kier alpha value is -2.60. The van der Waals surface area contributed by atoms with E-state index in [0.717, 1.165) is 6.07 Å². The molecule has 0 unspecified atom stereocenters. The van der Waals surface area contributed by atoms with Gasteiger partial charge in [0.2, 0.25) is 0 Å². The van der Waals surface area contributed by atoms with Crippen molar-refractivity contribution in [3.63, 3.8) is 0 Å². The van der Waals surface area contributed by atoms with Gasteiger partial charge >= 0.3 is 5.97 Å². The van der Waals surface area contributed by atoms with Gasteiger partial charge < -0.3 is 9.47 Å². The SMILES string of the molecule is CCOc1ccccc1OC(=O)c1ccc(Cl)c([N+](=O)[O-])c1. The van der Waals surface area contributed by atoms with E-state index in [1.807, 2.05) is 0 Å². The molecule has 0 saturated carbocycles. The maximum absolute atomic E-state index is 12.1. The number of hydrogen-bond acceptors (Lipinski definition) is 5. The van der Waals surface area contributed by atoms with Crippen LogP contribution in [0.4, 0.5) is 5.69 Å². The van der Waals surface area contributed by atoms with E-state index in [9.17, 15) is 14.9 Å². The van der Waals surface area contributed by atoms with Crippen LogP contribution in [0.2, 0.25) is 5.02 Å². The molecular weight excluding hydrogens is 310 g/mol. The van der Waals surface area contributed by atoms with Gasteiger partial charge in [-0.15, -0.1) is 0 Å². The molecular formula is C15H12ClNO5. The second-order valence-corrected chi connectivity index (χ2v) is 4.60. The third-order valence-electron chi connectivity index (χ3n) is 2.73. The van der Waals surface area contributed by atoms with Gasteiger partial charge in [-0.3, -0.25) is 10.1 Å². The lowest BCUT2D eigenvalue weighted by Crippen LogP contribution is -2.10. The molecule has 0 bridgehead atoms. The highest BCUT2D eigenvalue weighted by molar-refractivity contribution is 6.32. The summed E-state index contributed by atoms with van der Waals surface area (Å²) < 4.78 is 10.6. The zero-order valence-corrected chi connectivity index (χ0v) is 12.4. The topological polar surface area (TPSA) is 78.7 Å². The van der Waals surface area contributed by atoms with Gasteiger partial charge in [0.05, 0.1) is 17.1 Å². The second kappa shape index (κ2) is 6.91. The molecule has 0 aromatic heterocycles. The molecule has 0 aliphatic heterocycles. The Bertz CT molecular complexity index is 717. The molecule has 0 radical (unpaired) electrons. The van der Waals surface area contributed by atoms with Crippen molar-refractivity contribution >= 4 is 23.3 Å². The summed E-state index contributed by atoms with van der Waals surface area (Å²) in [6, 6.07) is 10.4. The Labute approximate surface area is 131 Å². The average Bonchev–Trinajstić information content (AvgIpc) is 2.49. The van der Waals surface area contributed by atoms with Gasteiger partial charge in [0.1, 0.15) is 5.02 Å². The van der Waals surface area contributed by atoms with Crippen LogP contribution >= 0.6 is 11.6 Å². The molecule has 6 nitrogen and oxygen atoms in total. The molecule has 22 heavy (non-hydrogen) atoms. The Kier molecular flexibility index (Phi) is 4.95. The van der Waals surface area contributed by atoms with Crippen LogP contribution in [0, 0.1) is 10.1 Å². The first-order valence-electron chi connectivity index (χ1n) is 6.41. The molecule has 0 saturated heterocycles. The lowest BCUT2D eigenvalue weighted by atomic mass is 10.2. The van der Waals surface area contributed by atoms with Crippen molar-refractivity contribution in [1.82, 2.24) is 0 Å². The maximum Gasteiger partial charge on any atom is 0.343 e. The third kappa shape index (κ3) is 3.53.